The monoisotopic (exact) mass is 465 g/mol. The molecule has 0 aliphatic carbocycles. The molecule has 1 aromatic carbocycles. The quantitative estimate of drug-likeness (QED) is 0.193. The number of amidine groups is 1. The van der Waals surface area contributed by atoms with E-state index in [1.165, 1.54) is 0 Å². The number of ether oxygens (including phenoxy) is 2. The molecule has 172 valence electrons. The Balaban J connectivity index is 1.63. The predicted molar refractivity (Wildman–Crippen MR) is 129 cm³/mol. The first-order valence-electron chi connectivity index (χ1n) is 10.8. The molecule has 0 fully saturated rings. The van der Waals surface area contributed by atoms with Crippen LogP contribution in [0.25, 0.3) is 22.4 Å². The fourth-order valence-electron chi connectivity index (χ4n) is 4.08. The standard InChI is InChI=1S/C27H20FN5O2/c1-2-4-16-9-19(14-32-12-16)17-6-7-24-20(10-17)22(15-34-27(29)30)21-11-23(18-5-3-8-31-13-18)33-26(28)25(21)35-24/h3,5-14,22H,15H2,1H3,(H3,29,30)/t22-/m1/s1. The number of nitrogens with two attached hydrogens (primary N) is 1. The summed E-state index contributed by atoms with van der Waals surface area (Å²) in [6.07, 6.45) is 6.71. The maximum Gasteiger partial charge on any atom is 0.279 e. The van der Waals surface area contributed by atoms with Crippen LogP contribution < -0.4 is 10.5 Å². The number of hydrogen-bond donors (Lipinski definition) is 2. The van der Waals surface area contributed by atoms with Crippen LogP contribution in [-0.4, -0.2) is 27.6 Å². The van der Waals surface area contributed by atoms with E-state index in [-0.39, 0.29) is 12.4 Å². The lowest BCUT2D eigenvalue weighted by atomic mass is 9.86. The molecule has 35 heavy (non-hydrogen) atoms. The van der Waals surface area contributed by atoms with Gasteiger partial charge >= 0.3 is 0 Å². The molecule has 1 aliphatic rings. The molecule has 4 heterocycles. The number of hydrogen-bond acceptors (Lipinski definition) is 6. The van der Waals surface area contributed by atoms with Crippen LogP contribution in [0.1, 0.15) is 29.5 Å². The van der Waals surface area contributed by atoms with Crippen LogP contribution in [-0.2, 0) is 4.74 Å². The first kappa shape index (κ1) is 22.0. The molecule has 0 radical (unpaired) electrons. The Hall–Kier alpha value is -4.77. The Morgan fingerprint density at radius 3 is 2.71 bits per heavy atom. The molecular weight excluding hydrogens is 445 g/mol. The lowest BCUT2D eigenvalue weighted by Gasteiger charge is -2.29. The van der Waals surface area contributed by atoms with Gasteiger partial charge in [-0.2, -0.15) is 4.39 Å². The van der Waals surface area contributed by atoms with Crippen LogP contribution in [0.4, 0.5) is 4.39 Å². The van der Waals surface area contributed by atoms with Crippen molar-refractivity contribution in [2.75, 3.05) is 6.61 Å². The summed E-state index contributed by atoms with van der Waals surface area (Å²) in [5.41, 5.74) is 10.4. The molecular formula is C27H20FN5O2. The molecule has 5 rings (SSSR count). The molecule has 0 unspecified atom stereocenters. The van der Waals surface area contributed by atoms with Gasteiger partial charge in [-0.3, -0.25) is 15.4 Å². The van der Waals surface area contributed by atoms with Crippen LogP contribution >= 0.6 is 0 Å². The van der Waals surface area contributed by atoms with Crippen molar-refractivity contribution in [3.8, 4) is 45.7 Å². The molecule has 0 saturated carbocycles. The fraction of sp³-hybridized carbons (Fsp3) is 0.111. The number of nitrogens with zero attached hydrogens (tertiary/aromatic N) is 3. The van der Waals surface area contributed by atoms with Crippen molar-refractivity contribution in [3.63, 3.8) is 0 Å². The molecule has 0 saturated heterocycles. The van der Waals surface area contributed by atoms with E-state index in [0.29, 0.717) is 22.6 Å². The number of nitrogens with one attached hydrogen (secondary N) is 1. The molecule has 3 aromatic heterocycles. The van der Waals surface area contributed by atoms with Crippen LogP contribution in [0.3, 0.4) is 0 Å². The number of rotatable bonds is 4. The molecule has 0 spiro atoms. The van der Waals surface area contributed by atoms with Crippen molar-refractivity contribution < 1.29 is 13.9 Å². The van der Waals surface area contributed by atoms with Gasteiger partial charge in [0.2, 0.25) is 0 Å². The summed E-state index contributed by atoms with van der Waals surface area (Å²) in [5, 5.41) is 7.55. The van der Waals surface area contributed by atoms with E-state index in [1.54, 1.807) is 56.0 Å². The Bertz CT molecular complexity index is 1490. The summed E-state index contributed by atoms with van der Waals surface area (Å²) in [5.74, 6) is 5.20. The van der Waals surface area contributed by atoms with Crippen molar-refractivity contribution in [1.82, 2.24) is 15.0 Å². The second-order valence-corrected chi connectivity index (χ2v) is 7.88. The van der Waals surface area contributed by atoms with E-state index in [1.807, 2.05) is 18.2 Å². The molecule has 1 aliphatic heterocycles. The Morgan fingerprint density at radius 1 is 1.09 bits per heavy atom. The zero-order valence-corrected chi connectivity index (χ0v) is 18.7. The van der Waals surface area contributed by atoms with Crippen LogP contribution in [0, 0.1) is 23.2 Å². The number of pyridine rings is 3. The molecule has 0 bridgehead atoms. The van der Waals surface area contributed by atoms with E-state index in [0.717, 1.165) is 22.3 Å². The highest BCUT2D eigenvalue weighted by Crippen LogP contribution is 2.47. The van der Waals surface area contributed by atoms with Crippen LogP contribution in [0.5, 0.6) is 11.5 Å². The largest absolute Gasteiger partial charge is 0.465 e. The Morgan fingerprint density at radius 2 is 1.94 bits per heavy atom. The topological polar surface area (TPSA) is 107 Å². The highest BCUT2D eigenvalue weighted by Gasteiger charge is 2.32. The van der Waals surface area contributed by atoms with Gasteiger partial charge in [-0.1, -0.05) is 12.0 Å². The summed E-state index contributed by atoms with van der Waals surface area (Å²) in [4.78, 5) is 12.5. The van der Waals surface area contributed by atoms with Crippen molar-refractivity contribution >= 4 is 6.02 Å². The maximum atomic E-state index is 15.2. The minimum absolute atomic E-state index is 0.0249. The summed E-state index contributed by atoms with van der Waals surface area (Å²) < 4.78 is 26.5. The number of halogens is 1. The number of benzene rings is 1. The third-order valence-electron chi connectivity index (χ3n) is 5.64. The normalized spacial score (nSPS) is 13.5. The SMILES string of the molecule is CC#Cc1cncc(-c2ccc3c(c2)[C@@H](COC(=N)N)c2cc(-c4cccnc4)nc(F)c2O3)c1. The smallest absolute Gasteiger partial charge is 0.279 e. The van der Waals surface area contributed by atoms with Crippen molar-refractivity contribution in [1.29, 1.82) is 5.41 Å². The zero-order chi connectivity index (χ0) is 24.4. The van der Waals surface area contributed by atoms with Crippen molar-refractivity contribution in [2.24, 2.45) is 5.73 Å². The van der Waals surface area contributed by atoms with Gasteiger partial charge in [0.25, 0.3) is 12.0 Å². The fourth-order valence-corrected chi connectivity index (χ4v) is 4.08. The highest BCUT2D eigenvalue weighted by atomic mass is 19.1. The van der Waals surface area contributed by atoms with Gasteiger partial charge < -0.3 is 15.2 Å². The van der Waals surface area contributed by atoms with Crippen LogP contribution in [0.15, 0.2) is 67.3 Å². The zero-order valence-electron chi connectivity index (χ0n) is 18.7. The maximum absolute atomic E-state index is 15.2. The molecule has 0 amide bonds. The van der Waals surface area contributed by atoms with E-state index in [4.69, 9.17) is 20.6 Å². The third-order valence-corrected chi connectivity index (χ3v) is 5.64. The van der Waals surface area contributed by atoms with Gasteiger partial charge in [-0.05, 0) is 48.9 Å². The van der Waals surface area contributed by atoms with Gasteiger partial charge in [0.05, 0.1) is 11.6 Å². The summed E-state index contributed by atoms with van der Waals surface area (Å²) in [6, 6.07) is 12.5. The number of aromatic nitrogens is 3. The van der Waals surface area contributed by atoms with E-state index >= 15 is 4.39 Å². The molecule has 4 aromatic rings. The second-order valence-electron chi connectivity index (χ2n) is 7.88. The molecule has 3 N–H and O–H groups in total. The minimum Gasteiger partial charge on any atom is -0.465 e. The minimum atomic E-state index is -0.737. The molecule has 1 atom stereocenters. The van der Waals surface area contributed by atoms with Crippen LogP contribution in [0.2, 0.25) is 0 Å². The Labute approximate surface area is 201 Å². The van der Waals surface area contributed by atoms with Crippen molar-refractivity contribution in [3.05, 3.63) is 89.9 Å². The van der Waals surface area contributed by atoms with E-state index in [2.05, 4.69) is 26.8 Å². The van der Waals surface area contributed by atoms with Gasteiger partial charge in [-0.25, -0.2) is 4.98 Å². The van der Waals surface area contributed by atoms with Crippen molar-refractivity contribution in [2.45, 2.75) is 12.8 Å². The van der Waals surface area contributed by atoms with Gasteiger partial charge in [0, 0.05) is 52.6 Å². The lowest BCUT2D eigenvalue weighted by Crippen LogP contribution is -2.22. The number of fused-ring (bicyclic) bond motifs is 2. The second kappa shape index (κ2) is 9.23. The molecule has 8 heteroatoms. The van der Waals surface area contributed by atoms with Gasteiger partial charge in [0.1, 0.15) is 12.4 Å². The summed E-state index contributed by atoms with van der Waals surface area (Å²) in [6.45, 7) is 1.80. The molecule has 7 nitrogen and oxygen atoms in total. The van der Waals surface area contributed by atoms with E-state index < -0.39 is 17.9 Å². The Kier molecular flexibility index (Phi) is 5.81. The lowest BCUT2D eigenvalue weighted by molar-refractivity contribution is 0.272. The average molecular weight is 465 g/mol. The third kappa shape index (κ3) is 4.39. The summed E-state index contributed by atoms with van der Waals surface area (Å²) >= 11 is 0. The van der Waals surface area contributed by atoms with E-state index in [9.17, 15) is 0 Å². The average Bonchev–Trinajstić information content (AvgIpc) is 2.87. The first-order chi connectivity index (χ1) is 17.0. The van der Waals surface area contributed by atoms with Gasteiger partial charge in [0.15, 0.2) is 5.75 Å². The highest BCUT2D eigenvalue weighted by molar-refractivity contribution is 5.71. The summed E-state index contributed by atoms with van der Waals surface area (Å²) in [7, 11) is 0. The predicted octanol–water partition coefficient (Wildman–Crippen LogP) is 4.86. The van der Waals surface area contributed by atoms with Gasteiger partial charge in [-0.15, -0.1) is 5.92 Å². The first-order valence-corrected chi connectivity index (χ1v) is 10.8.